The molecule has 0 amide bonds. The highest BCUT2D eigenvalue weighted by molar-refractivity contribution is 7.79. The molecule has 2 heteroatoms. The van der Waals surface area contributed by atoms with Crippen molar-refractivity contribution in [2.75, 3.05) is 5.32 Å². The Kier molecular flexibility index (Phi) is 2.60. The van der Waals surface area contributed by atoms with E-state index in [2.05, 4.69) is 41.2 Å². The molecule has 1 N–H and O–H groups in total. The molecule has 1 nitrogen and oxygen atoms in total. The molecule has 0 spiro atoms. The molecule has 0 unspecified atom stereocenters. The van der Waals surface area contributed by atoms with Crippen LogP contribution in [0.5, 0.6) is 0 Å². The maximum Gasteiger partial charge on any atom is 0.138 e. The van der Waals surface area contributed by atoms with Gasteiger partial charge in [0.25, 0.3) is 0 Å². The first-order chi connectivity index (χ1) is 5.24. The summed E-state index contributed by atoms with van der Waals surface area (Å²) < 4.78 is 0. The normalized spacial score (nSPS) is 9.27. The lowest BCUT2D eigenvalue weighted by atomic mass is 10.1. The van der Waals surface area contributed by atoms with E-state index in [1.807, 2.05) is 13.8 Å². The lowest BCUT2D eigenvalue weighted by molar-refractivity contribution is 1.40. The van der Waals surface area contributed by atoms with Crippen LogP contribution >= 0.6 is 12.2 Å². The average molecular weight is 164 g/mol. The minimum atomic E-state index is 1.04. The second-order valence-electron chi connectivity index (χ2n) is 2.55. The fraction of sp³-hybridized carbons (Fsp3) is 0.222. The van der Waals surface area contributed by atoms with Crippen LogP contribution in [0.2, 0.25) is 0 Å². The number of hydrogen-bond donors (Lipinski definition) is 1. The van der Waals surface area contributed by atoms with Gasteiger partial charge >= 0.3 is 0 Å². The van der Waals surface area contributed by atoms with Crippen LogP contribution in [-0.4, -0.2) is 5.49 Å². The third kappa shape index (κ3) is 2.02. The zero-order valence-corrected chi connectivity index (χ0v) is 7.46. The molecule has 0 saturated carbocycles. The van der Waals surface area contributed by atoms with Gasteiger partial charge in [0, 0.05) is 5.69 Å². The van der Waals surface area contributed by atoms with Crippen molar-refractivity contribution in [2.24, 2.45) is 0 Å². The van der Waals surface area contributed by atoms with Crippen LogP contribution in [0.4, 0.5) is 5.69 Å². The molecule has 0 heterocycles. The summed E-state index contributed by atoms with van der Waals surface area (Å²) in [7, 11) is 0. The Morgan fingerprint density at radius 2 is 2.09 bits per heavy atom. The summed E-state index contributed by atoms with van der Waals surface area (Å²) in [4.78, 5) is 0. The summed E-state index contributed by atoms with van der Waals surface area (Å²) in [5.74, 6) is 0. The second-order valence-corrected chi connectivity index (χ2v) is 2.75. The molecule has 0 aliphatic rings. The number of rotatable bonds is 2. The Morgan fingerprint density at radius 1 is 1.36 bits per heavy atom. The minimum Gasteiger partial charge on any atom is -0.344 e. The molecule has 0 bridgehead atoms. The van der Waals surface area contributed by atoms with E-state index in [-0.39, 0.29) is 0 Å². The number of benzene rings is 1. The molecule has 1 aromatic carbocycles. The molecule has 0 aliphatic carbocycles. The Labute approximate surface area is 72.4 Å². The van der Waals surface area contributed by atoms with E-state index < -0.39 is 0 Å². The highest BCUT2D eigenvalue weighted by Crippen LogP contribution is 2.14. The van der Waals surface area contributed by atoms with Gasteiger partial charge in [0.05, 0.1) is 0 Å². The molecule has 1 aromatic rings. The molecule has 1 rings (SSSR count). The molecule has 0 saturated heterocycles. The number of nitrogens with one attached hydrogen (secondary N) is 1. The molecule has 0 fully saturated rings. The SMILES string of the molecule is Cc1ccc(C)c(N[C]=S)c1. The third-order valence-electron chi connectivity index (χ3n) is 1.58. The zero-order valence-electron chi connectivity index (χ0n) is 6.64. The Morgan fingerprint density at radius 3 is 2.73 bits per heavy atom. The van der Waals surface area contributed by atoms with Crippen LogP contribution in [-0.2, 0) is 0 Å². The van der Waals surface area contributed by atoms with Gasteiger partial charge in [-0.25, -0.2) is 0 Å². The fourth-order valence-electron chi connectivity index (χ4n) is 0.925. The number of thiocarbonyl (C=S) groups is 1. The van der Waals surface area contributed by atoms with Crippen LogP contribution in [0.15, 0.2) is 18.2 Å². The van der Waals surface area contributed by atoms with Crippen molar-refractivity contribution in [3.05, 3.63) is 29.3 Å². The molecule has 11 heavy (non-hydrogen) atoms. The van der Waals surface area contributed by atoms with Crippen LogP contribution in [0.25, 0.3) is 0 Å². The van der Waals surface area contributed by atoms with Crippen molar-refractivity contribution >= 4 is 23.4 Å². The monoisotopic (exact) mass is 164 g/mol. The van der Waals surface area contributed by atoms with Gasteiger partial charge in [-0.15, -0.1) is 0 Å². The van der Waals surface area contributed by atoms with Gasteiger partial charge in [-0.1, -0.05) is 24.4 Å². The zero-order chi connectivity index (χ0) is 8.27. The molecule has 0 aliphatic heterocycles. The molecule has 0 atom stereocenters. The highest BCUT2D eigenvalue weighted by atomic mass is 32.1. The average Bonchev–Trinajstić information content (AvgIpc) is 1.98. The van der Waals surface area contributed by atoms with Crippen LogP contribution in [0.3, 0.4) is 0 Å². The van der Waals surface area contributed by atoms with Gasteiger partial charge in [0.2, 0.25) is 0 Å². The summed E-state index contributed by atoms with van der Waals surface area (Å²) in [5, 5.41) is 2.88. The maximum atomic E-state index is 4.58. The molecular weight excluding hydrogens is 154 g/mol. The van der Waals surface area contributed by atoms with Crippen molar-refractivity contribution in [3.63, 3.8) is 0 Å². The van der Waals surface area contributed by atoms with Gasteiger partial charge in [0.1, 0.15) is 5.49 Å². The first-order valence-corrected chi connectivity index (χ1v) is 3.85. The largest absolute Gasteiger partial charge is 0.344 e. The van der Waals surface area contributed by atoms with E-state index in [1.165, 1.54) is 11.1 Å². The van der Waals surface area contributed by atoms with Gasteiger partial charge < -0.3 is 5.32 Å². The van der Waals surface area contributed by atoms with Gasteiger partial charge in [-0.05, 0) is 31.0 Å². The van der Waals surface area contributed by atoms with E-state index in [0.717, 1.165) is 5.69 Å². The van der Waals surface area contributed by atoms with Crippen molar-refractivity contribution in [2.45, 2.75) is 13.8 Å². The lowest BCUT2D eigenvalue weighted by Gasteiger charge is -2.04. The quantitative estimate of drug-likeness (QED) is 0.532. The first kappa shape index (κ1) is 8.21. The maximum absolute atomic E-state index is 4.58. The van der Waals surface area contributed by atoms with E-state index in [0.29, 0.717) is 0 Å². The van der Waals surface area contributed by atoms with Gasteiger partial charge in [-0.3, -0.25) is 0 Å². The molecule has 1 radical (unpaired) electrons. The van der Waals surface area contributed by atoms with Crippen LogP contribution < -0.4 is 5.32 Å². The van der Waals surface area contributed by atoms with Gasteiger partial charge in [0.15, 0.2) is 0 Å². The van der Waals surface area contributed by atoms with E-state index >= 15 is 0 Å². The summed E-state index contributed by atoms with van der Waals surface area (Å²) in [6.45, 7) is 4.09. The van der Waals surface area contributed by atoms with Crippen LogP contribution in [0, 0.1) is 13.8 Å². The van der Waals surface area contributed by atoms with Gasteiger partial charge in [-0.2, -0.15) is 0 Å². The number of aryl methyl sites for hydroxylation is 2. The number of hydrogen-bond acceptors (Lipinski definition) is 1. The lowest BCUT2D eigenvalue weighted by Crippen LogP contribution is -1.94. The van der Waals surface area contributed by atoms with Crippen molar-refractivity contribution in [1.29, 1.82) is 0 Å². The predicted molar refractivity (Wildman–Crippen MR) is 52.1 cm³/mol. The van der Waals surface area contributed by atoms with Crippen molar-refractivity contribution in [1.82, 2.24) is 0 Å². The topological polar surface area (TPSA) is 12.0 Å². The summed E-state index contributed by atoms with van der Waals surface area (Å²) in [6.07, 6.45) is 0. The van der Waals surface area contributed by atoms with Crippen molar-refractivity contribution in [3.8, 4) is 0 Å². The van der Waals surface area contributed by atoms with E-state index in [9.17, 15) is 0 Å². The summed E-state index contributed by atoms with van der Waals surface area (Å²) in [5.41, 5.74) is 5.94. The first-order valence-electron chi connectivity index (χ1n) is 3.44. The number of anilines is 1. The second kappa shape index (κ2) is 3.49. The third-order valence-corrected chi connectivity index (χ3v) is 1.68. The summed E-state index contributed by atoms with van der Waals surface area (Å²) in [6, 6.07) is 6.18. The smallest absolute Gasteiger partial charge is 0.138 e. The van der Waals surface area contributed by atoms with E-state index in [1.54, 1.807) is 0 Å². The molecule has 0 aromatic heterocycles. The molecular formula is C9H10NS. The van der Waals surface area contributed by atoms with E-state index in [4.69, 9.17) is 0 Å². The van der Waals surface area contributed by atoms with Crippen LogP contribution in [0.1, 0.15) is 11.1 Å². The Hall–Kier alpha value is -0.890. The summed E-state index contributed by atoms with van der Waals surface area (Å²) >= 11 is 4.58. The Bertz CT molecular complexity index is 268. The molecule has 57 valence electrons. The highest BCUT2D eigenvalue weighted by Gasteiger charge is 1.94. The Balaban J connectivity index is 3.01. The fourth-order valence-corrected chi connectivity index (χ4v) is 1.04. The minimum absolute atomic E-state index is 1.04. The van der Waals surface area contributed by atoms with Crippen molar-refractivity contribution < 1.29 is 0 Å². The standard InChI is InChI=1S/C9H10NS/c1-7-3-4-8(2)9(5-7)10-6-11/h3-5H,1-2H3,(H,10,11). The predicted octanol–water partition coefficient (Wildman–Crippen LogP) is 2.55.